The van der Waals surface area contributed by atoms with Crippen molar-refractivity contribution in [2.45, 2.75) is 6.10 Å². The molecule has 8 nitrogen and oxygen atoms in total. The van der Waals surface area contributed by atoms with E-state index in [1.54, 1.807) is 24.5 Å². The van der Waals surface area contributed by atoms with Crippen molar-refractivity contribution >= 4 is 22.4 Å². The molecule has 0 spiro atoms. The third-order valence-electron chi connectivity index (χ3n) is 4.60. The van der Waals surface area contributed by atoms with Crippen molar-refractivity contribution in [1.82, 2.24) is 25.1 Å². The van der Waals surface area contributed by atoms with Crippen LogP contribution in [0.2, 0.25) is 0 Å². The maximum Gasteiger partial charge on any atom is 0.259 e. The van der Waals surface area contributed by atoms with E-state index in [9.17, 15) is 9.18 Å². The third-order valence-corrected chi connectivity index (χ3v) is 5.49. The predicted molar refractivity (Wildman–Crippen MR) is 124 cm³/mol. The van der Waals surface area contributed by atoms with E-state index < -0.39 is 17.8 Å². The quantitative estimate of drug-likeness (QED) is 0.420. The van der Waals surface area contributed by atoms with Crippen molar-refractivity contribution in [3.8, 4) is 16.5 Å². The molecular weight excluding hydrogens is 443 g/mol. The highest BCUT2D eigenvalue weighted by Crippen LogP contribution is 2.27. The maximum atomic E-state index is 14.8. The Morgan fingerprint density at radius 3 is 2.61 bits per heavy atom. The molecule has 3 aromatic heterocycles. The maximum absolute atomic E-state index is 14.8. The molecule has 0 aliphatic rings. The molecule has 1 atom stereocenters. The average Bonchev–Trinajstić information content (AvgIpc) is 3.29. The molecule has 0 fully saturated rings. The van der Waals surface area contributed by atoms with Crippen molar-refractivity contribution in [2.75, 3.05) is 26.0 Å². The number of nitrogens with zero attached hydrogens (tertiary/aromatic N) is 5. The summed E-state index contributed by atoms with van der Waals surface area (Å²) in [5.41, 5.74) is 1.78. The molecule has 3 heterocycles. The van der Waals surface area contributed by atoms with Gasteiger partial charge in [-0.2, -0.15) is 0 Å². The molecule has 10 heteroatoms. The number of carbonyl (C=O) groups excluding carboxylic acids is 1. The molecular formula is C23H21FN6O2S. The number of carbonyl (C=O) groups is 1. The average molecular weight is 465 g/mol. The number of amides is 1. The molecule has 168 valence electrons. The van der Waals surface area contributed by atoms with Crippen LogP contribution in [0.25, 0.3) is 10.6 Å². The highest BCUT2D eigenvalue weighted by atomic mass is 32.1. The van der Waals surface area contributed by atoms with Gasteiger partial charge in [-0.15, -0.1) is 10.2 Å². The van der Waals surface area contributed by atoms with Crippen LogP contribution in [-0.2, 0) is 0 Å². The summed E-state index contributed by atoms with van der Waals surface area (Å²) in [4.78, 5) is 22.5. The van der Waals surface area contributed by atoms with Gasteiger partial charge in [0, 0.05) is 30.7 Å². The number of hydrogen-bond donors (Lipinski definition) is 1. The number of benzene rings is 1. The lowest BCUT2D eigenvalue weighted by Crippen LogP contribution is -2.25. The van der Waals surface area contributed by atoms with E-state index in [2.05, 4.69) is 25.5 Å². The predicted octanol–water partition coefficient (Wildman–Crippen LogP) is 4.07. The number of rotatable bonds is 8. The van der Waals surface area contributed by atoms with Crippen LogP contribution in [0.4, 0.5) is 9.52 Å². The van der Waals surface area contributed by atoms with Crippen LogP contribution in [-0.4, -0.2) is 51.6 Å². The smallest absolute Gasteiger partial charge is 0.259 e. The van der Waals surface area contributed by atoms with Gasteiger partial charge >= 0.3 is 0 Å². The lowest BCUT2D eigenvalue weighted by Gasteiger charge is -2.22. The Morgan fingerprint density at radius 2 is 1.91 bits per heavy atom. The zero-order chi connectivity index (χ0) is 23.2. The van der Waals surface area contributed by atoms with Crippen molar-refractivity contribution < 1.29 is 13.9 Å². The number of aromatic nitrogens is 4. The summed E-state index contributed by atoms with van der Waals surface area (Å²) < 4.78 is 20.6. The minimum Gasteiger partial charge on any atom is -0.466 e. The Hall–Kier alpha value is -3.76. The van der Waals surface area contributed by atoms with Gasteiger partial charge in [0.2, 0.25) is 5.13 Å². The Kier molecular flexibility index (Phi) is 6.96. The van der Waals surface area contributed by atoms with Crippen LogP contribution in [0.3, 0.4) is 0 Å². The van der Waals surface area contributed by atoms with Crippen LogP contribution in [0.5, 0.6) is 5.88 Å². The summed E-state index contributed by atoms with van der Waals surface area (Å²) in [6.45, 7) is 0.532. The number of anilines is 1. The molecule has 0 aliphatic carbocycles. The molecule has 1 aromatic carbocycles. The lowest BCUT2D eigenvalue weighted by atomic mass is 10.1. The molecule has 0 saturated carbocycles. The molecule has 0 saturated heterocycles. The Labute approximate surface area is 194 Å². The van der Waals surface area contributed by atoms with E-state index in [1.165, 1.54) is 17.5 Å². The summed E-state index contributed by atoms with van der Waals surface area (Å²) >= 11 is 1.20. The molecule has 0 unspecified atom stereocenters. The second-order valence-electron chi connectivity index (χ2n) is 7.39. The van der Waals surface area contributed by atoms with Crippen LogP contribution in [0, 0.1) is 5.82 Å². The number of pyridine rings is 2. The summed E-state index contributed by atoms with van der Waals surface area (Å²) in [5.74, 6) is -1.44. The normalized spacial score (nSPS) is 11.9. The minimum absolute atomic E-state index is 0.0457. The van der Waals surface area contributed by atoms with E-state index in [0.29, 0.717) is 16.7 Å². The molecule has 0 radical (unpaired) electrons. The van der Waals surface area contributed by atoms with E-state index >= 15 is 0 Å². The molecule has 1 amide bonds. The third kappa shape index (κ3) is 5.73. The number of likely N-dealkylation sites (N-methyl/N-ethyl adjacent to an activating group) is 1. The van der Waals surface area contributed by atoms with Crippen molar-refractivity contribution in [2.24, 2.45) is 0 Å². The van der Waals surface area contributed by atoms with Crippen molar-refractivity contribution in [1.29, 1.82) is 0 Å². The Morgan fingerprint density at radius 1 is 1.15 bits per heavy atom. The van der Waals surface area contributed by atoms with Gasteiger partial charge in [0.15, 0.2) is 5.82 Å². The highest BCUT2D eigenvalue weighted by molar-refractivity contribution is 7.18. The second kappa shape index (κ2) is 10.2. The van der Waals surface area contributed by atoms with Gasteiger partial charge in [0.25, 0.3) is 11.8 Å². The van der Waals surface area contributed by atoms with Crippen molar-refractivity contribution in [3.63, 3.8) is 0 Å². The zero-order valence-corrected chi connectivity index (χ0v) is 18.8. The van der Waals surface area contributed by atoms with Gasteiger partial charge in [0.05, 0.1) is 5.56 Å². The molecule has 4 rings (SSSR count). The van der Waals surface area contributed by atoms with E-state index in [-0.39, 0.29) is 11.4 Å². The fourth-order valence-corrected chi connectivity index (χ4v) is 3.78. The van der Waals surface area contributed by atoms with E-state index in [4.69, 9.17) is 4.74 Å². The van der Waals surface area contributed by atoms with Gasteiger partial charge in [-0.3, -0.25) is 15.1 Å². The Balaban J connectivity index is 1.46. The first-order valence-electron chi connectivity index (χ1n) is 10.1. The van der Waals surface area contributed by atoms with Crippen LogP contribution < -0.4 is 10.1 Å². The van der Waals surface area contributed by atoms with E-state index in [1.807, 2.05) is 49.3 Å². The van der Waals surface area contributed by atoms with E-state index in [0.717, 1.165) is 17.2 Å². The number of ether oxygens (including phenoxy) is 1. The molecule has 0 bridgehead atoms. The second-order valence-corrected chi connectivity index (χ2v) is 8.37. The van der Waals surface area contributed by atoms with Gasteiger partial charge in [-0.1, -0.05) is 41.7 Å². The van der Waals surface area contributed by atoms with Gasteiger partial charge in [-0.05, 0) is 37.9 Å². The van der Waals surface area contributed by atoms with Crippen molar-refractivity contribution in [3.05, 3.63) is 84.1 Å². The summed E-state index contributed by atoms with van der Waals surface area (Å²) in [6.07, 6.45) is 4.15. The van der Waals surface area contributed by atoms with Crippen LogP contribution in [0.1, 0.15) is 22.0 Å². The molecule has 0 aliphatic heterocycles. The molecule has 1 N–H and O–H groups in total. The van der Waals surface area contributed by atoms with Gasteiger partial charge in [-0.25, -0.2) is 9.37 Å². The largest absolute Gasteiger partial charge is 0.466 e. The fraction of sp³-hybridized carbons (Fsp3) is 0.174. The standard InChI is InChI=1S/C23H21FN6O2S/c1-30(2)14-19(15-6-4-3-5-7-15)32-21-18(24)12-17(13-26-21)20(31)27-23-29-28-22(33-23)16-8-10-25-11-9-16/h3-13,19H,14H2,1-2H3,(H,27,29,31)/t19-/m0/s1. The first-order chi connectivity index (χ1) is 16.0. The summed E-state index contributed by atoms with van der Waals surface area (Å²) in [5, 5.41) is 11.6. The summed E-state index contributed by atoms with van der Waals surface area (Å²) in [7, 11) is 3.81. The zero-order valence-electron chi connectivity index (χ0n) is 18.0. The fourth-order valence-electron chi connectivity index (χ4n) is 3.04. The monoisotopic (exact) mass is 464 g/mol. The molecule has 33 heavy (non-hydrogen) atoms. The summed E-state index contributed by atoms with van der Waals surface area (Å²) in [6, 6.07) is 14.2. The Bertz CT molecular complexity index is 1220. The van der Waals surface area contributed by atoms with Crippen LogP contribution >= 0.6 is 11.3 Å². The lowest BCUT2D eigenvalue weighted by molar-refractivity contribution is 0.102. The SMILES string of the molecule is CN(C)C[C@H](Oc1ncc(C(=O)Nc2nnc(-c3ccncc3)s2)cc1F)c1ccccc1. The molecule has 4 aromatic rings. The number of halogens is 1. The number of hydrogen-bond acceptors (Lipinski definition) is 8. The van der Waals surface area contributed by atoms with Crippen LogP contribution in [0.15, 0.2) is 67.1 Å². The topological polar surface area (TPSA) is 93.1 Å². The highest BCUT2D eigenvalue weighted by Gasteiger charge is 2.20. The van der Waals surface area contributed by atoms with Gasteiger partial charge < -0.3 is 9.64 Å². The minimum atomic E-state index is -0.725. The first-order valence-corrected chi connectivity index (χ1v) is 10.9. The van der Waals surface area contributed by atoms with Gasteiger partial charge in [0.1, 0.15) is 11.1 Å². The number of nitrogens with one attached hydrogen (secondary N) is 1. The first kappa shape index (κ1) is 22.4.